The van der Waals surface area contributed by atoms with Crippen molar-refractivity contribution in [1.29, 1.82) is 0 Å². The molecule has 0 saturated carbocycles. The molecule has 0 aromatic heterocycles. The molecule has 56 heavy (non-hydrogen) atoms. The van der Waals surface area contributed by atoms with Crippen LogP contribution in [0.1, 0.15) is 79.1 Å². The van der Waals surface area contributed by atoms with E-state index in [1.807, 2.05) is 13.8 Å². The first-order chi connectivity index (χ1) is 26.4. The smallest absolute Gasteiger partial charge is 1.00 e. The first-order valence-corrected chi connectivity index (χ1v) is 20.1. The van der Waals surface area contributed by atoms with Crippen LogP contribution in [0.5, 0.6) is 0 Å². The predicted octanol–water partition coefficient (Wildman–Crippen LogP) is 4.06. The van der Waals surface area contributed by atoms with E-state index in [9.17, 15) is 0 Å². The van der Waals surface area contributed by atoms with Gasteiger partial charge in [-0.1, -0.05) is 90.1 Å². The van der Waals surface area contributed by atoms with Crippen molar-refractivity contribution < 1.29 is 105 Å². The molecule has 2 aromatic rings. The number of hydrogen-bond donors (Lipinski definition) is 0. The fraction of sp³-hybridized carbons (Fsp3) is 0.727. The molecule has 0 N–H and O–H groups in total. The minimum Gasteiger partial charge on any atom is -1.00 e. The number of hydrogen-bond acceptors (Lipinski definition) is 11. The monoisotopic (exact) mass is 818 g/mol. The summed E-state index contributed by atoms with van der Waals surface area (Å²) in [6, 6.07) is 17.2. The molecule has 0 amide bonds. The van der Waals surface area contributed by atoms with Gasteiger partial charge in [-0.3, -0.25) is 0 Å². The maximum Gasteiger partial charge on any atom is 1.00 e. The van der Waals surface area contributed by atoms with Crippen LogP contribution < -0.4 is 51.4 Å². The molecule has 0 aliphatic heterocycles. The van der Waals surface area contributed by atoms with Gasteiger partial charge >= 0.3 is 51.4 Å². The molecule has 0 radical (unpaired) electrons. The van der Waals surface area contributed by atoms with E-state index in [1.165, 1.54) is 22.3 Å². The Kier molecular flexibility index (Phi) is 32.0. The molecule has 0 aliphatic carbocycles. The third kappa shape index (κ3) is 29.0. The number of rotatable bonds is 34. The van der Waals surface area contributed by atoms with E-state index in [0.717, 1.165) is 0 Å². The summed E-state index contributed by atoms with van der Waals surface area (Å²) in [6.07, 6.45) is -0.0717. The van der Waals surface area contributed by atoms with Gasteiger partial charge in [0.2, 0.25) is 0 Å². The first kappa shape index (κ1) is 53.7. The quantitative estimate of drug-likeness (QED) is 0.0756. The zero-order chi connectivity index (χ0) is 40.0. The summed E-state index contributed by atoms with van der Waals surface area (Å²) in [6.45, 7) is 27.8. The van der Waals surface area contributed by atoms with Crippen LogP contribution in [0.25, 0.3) is 0 Å². The Morgan fingerprint density at radius 2 is 0.625 bits per heavy atom. The summed E-state index contributed by atoms with van der Waals surface area (Å²) in [5.41, 5.74) is 5.31. The number of ether oxygens (including phenoxy) is 11. The molecule has 11 nitrogen and oxygen atoms in total. The SMILES string of the molecule is CC(COCC(C)OCCOCCOCCOCCOCc1ccc(C(C)(C)C)cc1)OCCOCCOCCOCCOCc1ccc(C(C)(C)C)cc1.[H-].[K+]. The van der Waals surface area contributed by atoms with E-state index in [2.05, 4.69) is 90.1 Å². The molecule has 0 saturated heterocycles. The fourth-order valence-corrected chi connectivity index (χ4v) is 5.01. The molecule has 2 rings (SSSR count). The zero-order valence-corrected chi connectivity index (χ0v) is 39.5. The van der Waals surface area contributed by atoms with Crippen molar-refractivity contribution in [2.45, 2.75) is 91.6 Å². The average molecular weight is 819 g/mol. The van der Waals surface area contributed by atoms with Crippen molar-refractivity contribution in [2.75, 3.05) is 119 Å². The molecule has 2 atom stereocenters. The van der Waals surface area contributed by atoms with Crippen molar-refractivity contribution in [3.05, 3.63) is 70.8 Å². The van der Waals surface area contributed by atoms with Crippen LogP contribution in [0.15, 0.2) is 48.5 Å². The topological polar surface area (TPSA) is 102 Å². The summed E-state index contributed by atoms with van der Waals surface area (Å²) in [7, 11) is 0. The second-order valence-corrected chi connectivity index (χ2v) is 15.6. The molecule has 318 valence electrons. The van der Waals surface area contributed by atoms with Gasteiger partial charge in [-0.15, -0.1) is 0 Å². The average Bonchev–Trinajstić information content (AvgIpc) is 3.14. The van der Waals surface area contributed by atoms with Crippen LogP contribution in [0.3, 0.4) is 0 Å². The van der Waals surface area contributed by atoms with E-state index in [0.29, 0.717) is 132 Å². The van der Waals surface area contributed by atoms with Crippen LogP contribution in [-0.2, 0) is 76.1 Å². The van der Waals surface area contributed by atoms with E-state index >= 15 is 0 Å². The molecular formula is C44H75KO11. The molecular weight excluding hydrogens is 744 g/mol. The minimum absolute atomic E-state index is 0. The summed E-state index contributed by atoms with van der Waals surface area (Å²) >= 11 is 0. The Bertz CT molecular complexity index is 1090. The maximum atomic E-state index is 5.76. The summed E-state index contributed by atoms with van der Waals surface area (Å²) in [4.78, 5) is 0. The molecule has 0 spiro atoms. The Labute approximate surface area is 383 Å². The molecule has 0 heterocycles. The van der Waals surface area contributed by atoms with Crippen molar-refractivity contribution in [1.82, 2.24) is 0 Å². The molecule has 0 fully saturated rings. The normalized spacial score (nSPS) is 13.1. The van der Waals surface area contributed by atoms with Crippen LogP contribution in [0.4, 0.5) is 0 Å². The fourth-order valence-electron chi connectivity index (χ4n) is 5.01. The standard InChI is InChI=1S/C44H74O11.K.H/c1-37(54-31-29-49-23-21-45-17-19-47-25-27-51-35-39-9-13-41(14-10-39)43(3,4)5)33-53-34-38(2)55-32-30-50-24-22-46-18-20-48-26-28-52-36-40-11-15-42(16-12-40)44(6,7)8;;/h9-16,37-38H,17-36H2,1-8H3;;/q;+1;-1. The third-order valence-corrected chi connectivity index (χ3v) is 8.37. The predicted molar refractivity (Wildman–Crippen MR) is 217 cm³/mol. The second kappa shape index (κ2) is 33.4. The Morgan fingerprint density at radius 1 is 0.375 bits per heavy atom. The summed E-state index contributed by atoms with van der Waals surface area (Å²) in [5.74, 6) is 0. The van der Waals surface area contributed by atoms with Crippen molar-refractivity contribution in [2.24, 2.45) is 0 Å². The molecule has 2 unspecified atom stereocenters. The number of benzene rings is 2. The first-order valence-electron chi connectivity index (χ1n) is 20.1. The largest absolute Gasteiger partial charge is 1.00 e. The molecule has 0 bridgehead atoms. The van der Waals surface area contributed by atoms with Crippen LogP contribution in [-0.4, -0.2) is 131 Å². The Hall–Kier alpha value is -0.364. The minimum atomic E-state index is -0.0358. The van der Waals surface area contributed by atoms with Crippen molar-refractivity contribution in [3.8, 4) is 0 Å². The van der Waals surface area contributed by atoms with Gasteiger partial charge in [0, 0.05) is 0 Å². The third-order valence-electron chi connectivity index (χ3n) is 8.37. The van der Waals surface area contributed by atoms with E-state index in [1.54, 1.807) is 0 Å². The van der Waals surface area contributed by atoms with Crippen LogP contribution in [0.2, 0.25) is 0 Å². The second-order valence-electron chi connectivity index (χ2n) is 15.6. The summed E-state index contributed by atoms with van der Waals surface area (Å²) < 4.78 is 62.1. The summed E-state index contributed by atoms with van der Waals surface area (Å²) in [5, 5.41) is 0. The van der Waals surface area contributed by atoms with Crippen LogP contribution >= 0.6 is 0 Å². The van der Waals surface area contributed by atoms with E-state index in [-0.39, 0.29) is 75.8 Å². The van der Waals surface area contributed by atoms with E-state index < -0.39 is 0 Å². The maximum absolute atomic E-state index is 5.76. The van der Waals surface area contributed by atoms with Gasteiger partial charge < -0.3 is 53.5 Å². The van der Waals surface area contributed by atoms with Gasteiger partial charge in [-0.2, -0.15) is 0 Å². The molecule has 12 heteroatoms. The van der Waals surface area contributed by atoms with E-state index in [4.69, 9.17) is 52.1 Å². The van der Waals surface area contributed by atoms with Gasteiger partial charge in [0.1, 0.15) is 0 Å². The van der Waals surface area contributed by atoms with Crippen molar-refractivity contribution in [3.63, 3.8) is 0 Å². The molecule has 0 aliphatic rings. The molecule has 2 aromatic carbocycles. The van der Waals surface area contributed by atoms with Gasteiger partial charge in [0.25, 0.3) is 0 Å². The van der Waals surface area contributed by atoms with Crippen molar-refractivity contribution >= 4 is 0 Å². The van der Waals surface area contributed by atoms with Crippen LogP contribution in [0, 0.1) is 0 Å². The Morgan fingerprint density at radius 3 is 0.893 bits per heavy atom. The zero-order valence-electron chi connectivity index (χ0n) is 37.4. The van der Waals surface area contributed by atoms with Gasteiger partial charge in [0.05, 0.1) is 144 Å². The van der Waals surface area contributed by atoms with Gasteiger partial charge in [0.15, 0.2) is 0 Å². The van der Waals surface area contributed by atoms with Gasteiger partial charge in [-0.25, -0.2) is 0 Å². The Balaban J connectivity index is 0.0000157. The van der Waals surface area contributed by atoms with Gasteiger partial charge in [-0.05, 0) is 46.9 Å².